The van der Waals surface area contributed by atoms with E-state index < -0.39 is 5.91 Å². The third kappa shape index (κ3) is 5.52. The van der Waals surface area contributed by atoms with Crippen molar-refractivity contribution in [3.8, 4) is 0 Å². The fourth-order valence-corrected chi connectivity index (χ4v) is 3.19. The summed E-state index contributed by atoms with van der Waals surface area (Å²) in [5.41, 5.74) is 12.5. The van der Waals surface area contributed by atoms with Crippen molar-refractivity contribution in [3.63, 3.8) is 0 Å². The molecule has 5 N–H and O–H groups in total. The van der Waals surface area contributed by atoms with Crippen LogP contribution in [0.2, 0.25) is 0 Å². The fourth-order valence-electron chi connectivity index (χ4n) is 3.19. The molecule has 0 bridgehead atoms. The van der Waals surface area contributed by atoms with E-state index in [9.17, 15) is 9.59 Å². The van der Waals surface area contributed by atoms with Gasteiger partial charge in [-0.1, -0.05) is 31.4 Å². The molecular formula is C17H26ClN3O2. The number of hydrogen-bond acceptors (Lipinski definition) is 3. The first-order valence-electron chi connectivity index (χ1n) is 7.90. The lowest BCUT2D eigenvalue weighted by atomic mass is 9.71. The van der Waals surface area contributed by atoms with Gasteiger partial charge in [0.15, 0.2) is 0 Å². The second-order valence-corrected chi connectivity index (χ2v) is 6.28. The monoisotopic (exact) mass is 339 g/mol. The second-order valence-electron chi connectivity index (χ2n) is 6.28. The van der Waals surface area contributed by atoms with E-state index in [-0.39, 0.29) is 23.7 Å². The summed E-state index contributed by atoms with van der Waals surface area (Å²) >= 11 is 0. The van der Waals surface area contributed by atoms with E-state index in [2.05, 4.69) is 5.32 Å². The van der Waals surface area contributed by atoms with Crippen molar-refractivity contribution >= 4 is 24.2 Å². The summed E-state index contributed by atoms with van der Waals surface area (Å²) in [5.74, 6) is -0.436. The van der Waals surface area contributed by atoms with Crippen LogP contribution in [0.1, 0.15) is 54.4 Å². The Morgan fingerprint density at radius 2 is 1.87 bits per heavy atom. The summed E-state index contributed by atoms with van der Waals surface area (Å²) in [6, 6.07) is 7.01. The second kappa shape index (κ2) is 8.89. The number of amides is 2. The molecule has 0 saturated heterocycles. The van der Waals surface area contributed by atoms with Crippen LogP contribution in [0.15, 0.2) is 24.3 Å². The molecule has 0 aliphatic heterocycles. The van der Waals surface area contributed by atoms with Crippen LogP contribution in [0.25, 0.3) is 0 Å². The smallest absolute Gasteiger partial charge is 0.248 e. The number of halogens is 1. The molecule has 2 rings (SSSR count). The Balaban J connectivity index is 0.00000264. The highest BCUT2D eigenvalue weighted by Gasteiger charge is 2.32. The van der Waals surface area contributed by atoms with Crippen molar-refractivity contribution in [1.29, 1.82) is 0 Å². The molecule has 1 aliphatic rings. The van der Waals surface area contributed by atoms with Crippen LogP contribution in [-0.4, -0.2) is 18.4 Å². The van der Waals surface area contributed by atoms with E-state index >= 15 is 0 Å². The predicted molar refractivity (Wildman–Crippen MR) is 93.2 cm³/mol. The van der Waals surface area contributed by atoms with Gasteiger partial charge in [0.05, 0.1) is 0 Å². The Labute approximate surface area is 143 Å². The van der Waals surface area contributed by atoms with E-state index in [4.69, 9.17) is 11.5 Å². The molecule has 1 aromatic rings. The van der Waals surface area contributed by atoms with Gasteiger partial charge in [-0.3, -0.25) is 9.59 Å². The average molecular weight is 340 g/mol. The molecule has 0 unspecified atom stereocenters. The van der Waals surface area contributed by atoms with Gasteiger partial charge in [-0.25, -0.2) is 0 Å². The van der Waals surface area contributed by atoms with Gasteiger partial charge in [0.25, 0.3) is 0 Å². The van der Waals surface area contributed by atoms with Gasteiger partial charge < -0.3 is 16.8 Å². The highest BCUT2D eigenvalue weighted by molar-refractivity contribution is 5.92. The number of nitrogens with two attached hydrogens (primary N) is 2. The molecular weight excluding hydrogens is 314 g/mol. The van der Waals surface area contributed by atoms with Gasteiger partial charge in [-0.2, -0.15) is 0 Å². The van der Waals surface area contributed by atoms with Crippen LogP contribution in [0, 0.1) is 5.41 Å². The van der Waals surface area contributed by atoms with Crippen molar-refractivity contribution in [2.75, 3.05) is 6.54 Å². The lowest BCUT2D eigenvalue weighted by Gasteiger charge is -2.35. The first-order chi connectivity index (χ1) is 10.5. The van der Waals surface area contributed by atoms with Crippen LogP contribution in [0.3, 0.4) is 0 Å². The maximum absolute atomic E-state index is 12.2. The van der Waals surface area contributed by atoms with Crippen molar-refractivity contribution < 1.29 is 9.59 Å². The summed E-state index contributed by atoms with van der Waals surface area (Å²) in [6.07, 6.45) is 6.11. The molecule has 128 valence electrons. The highest BCUT2D eigenvalue weighted by Crippen LogP contribution is 2.38. The fraction of sp³-hybridized carbons (Fsp3) is 0.529. The minimum Gasteiger partial charge on any atom is -0.366 e. The van der Waals surface area contributed by atoms with Gasteiger partial charge in [0.2, 0.25) is 11.8 Å². The molecule has 1 aliphatic carbocycles. The van der Waals surface area contributed by atoms with E-state index in [0.717, 1.165) is 31.2 Å². The summed E-state index contributed by atoms with van der Waals surface area (Å²) < 4.78 is 0. The molecule has 1 saturated carbocycles. The van der Waals surface area contributed by atoms with Gasteiger partial charge in [0, 0.05) is 18.5 Å². The largest absolute Gasteiger partial charge is 0.366 e. The SMILES string of the molecule is Cl.NCC1(CC(=O)NCc2cccc(C(N)=O)c2)CCCCC1. The zero-order valence-electron chi connectivity index (χ0n) is 13.3. The van der Waals surface area contributed by atoms with Gasteiger partial charge >= 0.3 is 0 Å². The van der Waals surface area contributed by atoms with Crippen LogP contribution < -0.4 is 16.8 Å². The minimum absolute atomic E-state index is 0. The summed E-state index contributed by atoms with van der Waals surface area (Å²) in [5, 5.41) is 2.92. The number of carbonyl (C=O) groups excluding carboxylic acids is 2. The third-order valence-electron chi connectivity index (χ3n) is 4.58. The average Bonchev–Trinajstić information content (AvgIpc) is 2.54. The maximum Gasteiger partial charge on any atom is 0.248 e. The van der Waals surface area contributed by atoms with E-state index in [1.165, 1.54) is 6.42 Å². The van der Waals surface area contributed by atoms with Gasteiger partial charge in [-0.15, -0.1) is 12.4 Å². The Kier molecular flexibility index (Phi) is 7.52. The molecule has 1 fully saturated rings. The number of rotatable bonds is 6. The molecule has 1 aromatic carbocycles. The van der Waals surface area contributed by atoms with Crippen LogP contribution in [0.5, 0.6) is 0 Å². The number of primary amides is 1. The minimum atomic E-state index is -0.461. The van der Waals surface area contributed by atoms with Gasteiger partial charge in [-0.05, 0) is 42.5 Å². The number of hydrogen-bond donors (Lipinski definition) is 3. The Morgan fingerprint density at radius 1 is 1.17 bits per heavy atom. The molecule has 2 amide bonds. The molecule has 23 heavy (non-hydrogen) atoms. The molecule has 0 spiro atoms. The molecule has 5 nitrogen and oxygen atoms in total. The van der Waals surface area contributed by atoms with Crippen molar-refractivity contribution in [2.24, 2.45) is 16.9 Å². The van der Waals surface area contributed by atoms with Crippen molar-refractivity contribution in [3.05, 3.63) is 35.4 Å². The zero-order valence-corrected chi connectivity index (χ0v) is 14.2. The predicted octanol–water partition coefficient (Wildman–Crippen LogP) is 2.12. The number of carbonyl (C=O) groups is 2. The summed E-state index contributed by atoms with van der Waals surface area (Å²) in [7, 11) is 0. The molecule has 0 heterocycles. The van der Waals surface area contributed by atoms with E-state index in [0.29, 0.717) is 25.1 Å². The zero-order chi connectivity index (χ0) is 16.0. The molecule has 6 heteroatoms. The first-order valence-corrected chi connectivity index (χ1v) is 7.90. The molecule has 0 radical (unpaired) electrons. The first kappa shape index (κ1) is 19.5. The quantitative estimate of drug-likeness (QED) is 0.740. The Morgan fingerprint density at radius 3 is 2.48 bits per heavy atom. The Hall–Kier alpha value is -1.59. The van der Waals surface area contributed by atoms with Crippen molar-refractivity contribution in [2.45, 2.75) is 45.1 Å². The standard InChI is InChI=1S/C17H25N3O2.ClH/c18-12-17(7-2-1-3-8-17)10-15(21)20-11-13-5-4-6-14(9-13)16(19)22;/h4-6,9H,1-3,7-8,10-12,18H2,(H2,19,22)(H,20,21);1H. The van der Waals surface area contributed by atoms with Crippen LogP contribution >= 0.6 is 12.4 Å². The van der Waals surface area contributed by atoms with E-state index in [1.807, 2.05) is 6.07 Å². The molecule has 0 aromatic heterocycles. The van der Waals surface area contributed by atoms with Crippen LogP contribution in [0.4, 0.5) is 0 Å². The molecule has 0 atom stereocenters. The summed E-state index contributed by atoms with van der Waals surface area (Å²) in [4.78, 5) is 23.4. The number of nitrogens with one attached hydrogen (secondary N) is 1. The lowest BCUT2D eigenvalue weighted by molar-refractivity contribution is -0.124. The number of benzene rings is 1. The Bertz CT molecular complexity index is 542. The highest BCUT2D eigenvalue weighted by atomic mass is 35.5. The third-order valence-corrected chi connectivity index (χ3v) is 4.58. The lowest BCUT2D eigenvalue weighted by Crippen LogP contribution is -2.38. The van der Waals surface area contributed by atoms with E-state index in [1.54, 1.807) is 18.2 Å². The summed E-state index contributed by atoms with van der Waals surface area (Å²) in [6.45, 7) is 0.970. The maximum atomic E-state index is 12.2. The van der Waals surface area contributed by atoms with Gasteiger partial charge in [0.1, 0.15) is 0 Å². The van der Waals surface area contributed by atoms with Crippen molar-refractivity contribution in [1.82, 2.24) is 5.32 Å². The van der Waals surface area contributed by atoms with Crippen LogP contribution in [-0.2, 0) is 11.3 Å². The normalized spacial score (nSPS) is 16.2. The topological polar surface area (TPSA) is 98.2 Å².